The van der Waals surface area contributed by atoms with Gasteiger partial charge in [-0.25, -0.2) is 13.1 Å². The quantitative estimate of drug-likeness (QED) is 0.535. The van der Waals surface area contributed by atoms with Crippen LogP contribution in [0.25, 0.3) is 5.57 Å². The van der Waals surface area contributed by atoms with Gasteiger partial charge in [-0.2, -0.15) is 5.26 Å². The van der Waals surface area contributed by atoms with E-state index >= 15 is 0 Å². The van der Waals surface area contributed by atoms with Gasteiger partial charge in [0.1, 0.15) is 6.07 Å². The second-order valence-corrected chi connectivity index (χ2v) is 8.20. The average Bonchev–Trinajstić information content (AvgIpc) is 2.66. The van der Waals surface area contributed by atoms with Crippen molar-refractivity contribution in [3.05, 3.63) is 34.7 Å². The van der Waals surface area contributed by atoms with E-state index in [0.717, 1.165) is 37.4 Å². The molecular formula is C19H28N4O3S. The van der Waals surface area contributed by atoms with Crippen LogP contribution in [0, 0.1) is 11.3 Å². The van der Waals surface area contributed by atoms with E-state index in [9.17, 15) is 13.7 Å². The van der Waals surface area contributed by atoms with E-state index in [1.54, 1.807) is 6.92 Å². The molecule has 1 aromatic carbocycles. The summed E-state index contributed by atoms with van der Waals surface area (Å²) in [5.41, 5.74) is 2.27. The Hall–Kier alpha value is -1.92. The van der Waals surface area contributed by atoms with Crippen LogP contribution in [0.15, 0.2) is 29.2 Å². The number of rotatable bonds is 8. The van der Waals surface area contributed by atoms with Crippen molar-refractivity contribution >= 4 is 21.3 Å². The standard InChI is InChI=1S/C19H28N4O3S/c1-4-26-14-9-21-27(24,25)19(15-20)16(2)17-5-7-18(8-6-17)23-12-10-22(3)11-13-23/h5-8,21H,4,9-14H2,1-3H3/b19-16+. The van der Waals surface area contributed by atoms with Gasteiger partial charge in [0.2, 0.25) is 0 Å². The number of anilines is 1. The van der Waals surface area contributed by atoms with Crippen LogP contribution in [0.2, 0.25) is 0 Å². The lowest BCUT2D eigenvalue weighted by molar-refractivity contribution is 0.153. The molecule has 1 N–H and O–H groups in total. The highest BCUT2D eigenvalue weighted by molar-refractivity contribution is 7.93. The van der Waals surface area contributed by atoms with Crippen molar-refractivity contribution < 1.29 is 13.2 Å². The number of sulfonamides is 1. The summed E-state index contributed by atoms with van der Waals surface area (Å²) in [6.45, 7) is 8.39. The molecule has 0 spiro atoms. The van der Waals surface area contributed by atoms with Gasteiger partial charge < -0.3 is 14.5 Å². The smallest absolute Gasteiger partial charge is 0.251 e. The summed E-state index contributed by atoms with van der Waals surface area (Å²) in [7, 11) is -1.75. The van der Waals surface area contributed by atoms with Crippen molar-refractivity contribution in [3.8, 4) is 6.07 Å². The first kappa shape index (κ1) is 21.4. The third kappa shape index (κ3) is 5.78. The lowest BCUT2D eigenvalue weighted by Gasteiger charge is -2.34. The van der Waals surface area contributed by atoms with Crippen LogP contribution < -0.4 is 9.62 Å². The summed E-state index contributed by atoms with van der Waals surface area (Å²) < 4.78 is 32.4. The fraction of sp³-hybridized carbons (Fsp3) is 0.526. The molecule has 0 atom stereocenters. The Kier molecular flexibility index (Phi) is 7.80. The maximum Gasteiger partial charge on any atom is 0.251 e. The number of piperazine rings is 1. The van der Waals surface area contributed by atoms with Crippen molar-refractivity contribution in [3.63, 3.8) is 0 Å². The lowest BCUT2D eigenvalue weighted by atomic mass is 10.1. The molecule has 1 aliphatic heterocycles. The first-order valence-electron chi connectivity index (χ1n) is 9.11. The van der Waals surface area contributed by atoms with Gasteiger partial charge in [-0.15, -0.1) is 0 Å². The molecule has 1 fully saturated rings. The number of ether oxygens (including phenoxy) is 1. The van der Waals surface area contributed by atoms with E-state index in [-0.39, 0.29) is 18.1 Å². The van der Waals surface area contributed by atoms with Crippen molar-refractivity contribution in [1.29, 1.82) is 5.26 Å². The predicted octanol–water partition coefficient (Wildman–Crippen LogP) is 1.65. The molecular weight excluding hydrogens is 364 g/mol. The van der Waals surface area contributed by atoms with Crippen molar-refractivity contribution in [1.82, 2.24) is 9.62 Å². The maximum atomic E-state index is 12.4. The molecule has 0 bridgehead atoms. The lowest BCUT2D eigenvalue weighted by Crippen LogP contribution is -2.44. The number of benzene rings is 1. The zero-order valence-corrected chi connectivity index (χ0v) is 17.1. The molecule has 0 radical (unpaired) electrons. The van der Waals surface area contributed by atoms with E-state index in [1.807, 2.05) is 37.3 Å². The fourth-order valence-electron chi connectivity index (χ4n) is 2.93. The van der Waals surface area contributed by atoms with Crippen molar-refractivity contribution in [2.75, 3.05) is 57.9 Å². The van der Waals surface area contributed by atoms with Crippen molar-refractivity contribution in [2.45, 2.75) is 13.8 Å². The Morgan fingerprint density at radius 3 is 2.41 bits per heavy atom. The number of likely N-dealkylation sites (N-methyl/N-ethyl adjacent to an activating group) is 1. The average molecular weight is 393 g/mol. The van der Waals surface area contributed by atoms with Gasteiger partial charge in [-0.1, -0.05) is 12.1 Å². The molecule has 2 rings (SSSR count). The second kappa shape index (κ2) is 9.85. The van der Waals surface area contributed by atoms with Crippen LogP contribution in [0.3, 0.4) is 0 Å². The zero-order valence-electron chi connectivity index (χ0n) is 16.2. The third-order valence-electron chi connectivity index (χ3n) is 4.62. The SMILES string of the molecule is CCOCCNS(=O)(=O)/C(C#N)=C(\C)c1ccc(N2CCN(C)CC2)cc1. The van der Waals surface area contributed by atoms with Gasteiger partial charge in [0.15, 0.2) is 4.91 Å². The molecule has 0 unspecified atom stereocenters. The van der Waals surface area contributed by atoms with Gasteiger partial charge in [0, 0.05) is 45.0 Å². The molecule has 1 saturated heterocycles. The molecule has 8 heteroatoms. The normalized spacial score (nSPS) is 16.7. The number of hydrogen-bond acceptors (Lipinski definition) is 6. The molecule has 0 aromatic heterocycles. The maximum absolute atomic E-state index is 12.4. The van der Waals surface area contributed by atoms with Crippen LogP contribution in [0.4, 0.5) is 5.69 Å². The molecule has 7 nitrogen and oxygen atoms in total. The van der Waals surface area contributed by atoms with E-state index in [4.69, 9.17) is 4.74 Å². The Labute approximate surface area is 162 Å². The molecule has 1 aliphatic rings. The molecule has 0 aliphatic carbocycles. The van der Waals surface area contributed by atoms with Gasteiger partial charge in [0.05, 0.1) is 6.61 Å². The summed E-state index contributed by atoms with van der Waals surface area (Å²) in [6, 6.07) is 9.54. The number of nitriles is 1. The van der Waals surface area contributed by atoms with E-state index in [1.165, 1.54) is 0 Å². The summed E-state index contributed by atoms with van der Waals surface area (Å²) in [4.78, 5) is 4.34. The monoisotopic (exact) mass is 392 g/mol. The van der Waals surface area contributed by atoms with Crippen LogP contribution in [0.5, 0.6) is 0 Å². The Bertz CT molecular complexity index is 789. The Morgan fingerprint density at radius 1 is 1.22 bits per heavy atom. The van der Waals surface area contributed by atoms with E-state index in [2.05, 4.69) is 21.6 Å². The van der Waals surface area contributed by atoms with Crippen molar-refractivity contribution in [2.24, 2.45) is 0 Å². The largest absolute Gasteiger partial charge is 0.380 e. The highest BCUT2D eigenvalue weighted by atomic mass is 32.2. The summed E-state index contributed by atoms with van der Waals surface area (Å²) in [5, 5.41) is 9.41. The van der Waals surface area contributed by atoms with Gasteiger partial charge in [0.25, 0.3) is 10.0 Å². The minimum Gasteiger partial charge on any atom is -0.380 e. The van der Waals surface area contributed by atoms with E-state index < -0.39 is 10.0 Å². The summed E-state index contributed by atoms with van der Waals surface area (Å²) in [6.07, 6.45) is 0. The van der Waals surface area contributed by atoms with Crippen LogP contribution in [0.1, 0.15) is 19.4 Å². The number of hydrogen-bond donors (Lipinski definition) is 1. The number of nitrogens with zero attached hydrogens (tertiary/aromatic N) is 3. The highest BCUT2D eigenvalue weighted by Crippen LogP contribution is 2.24. The molecule has 0 saturated carbocycles. The van der Waals surface area contributed by atoms with E-state index in [0.29, 0.717) is 12.2 Å². The number of allylic oxidation sites excluding steroid dienone is 2. The second-order valence-electron chi connectivity index (χ2n) is 6.50. The summed E-state index contributed by atoms with van der Waals surface area (Å²) >= 11 is 0. The molecule has 1 aromatic rings. The molecule has 0 amide bonds. The zero-order chi connectivity index (χ0) is 19.9. The Balaban J connectivity index is 2.15. The highest BCUT2D eigenvalue weighted by Gasteiger charge is 2.21. The predicted molar refractivity (Wildman–Crippen MR) is 108 cm³/mol. The van der Waals surface area contributed by atoms with Gasteiger partial charge >= 0.3 is 0 Å². The molecule has 1 heterocycles. The Morgan fingerprint density at radius 2 is 1.85 bits per heavy atom. The van der Waals surface area contributed by atoms with Crippen LogP contribution >= 0.6 is 0 Å². The van der Waals surface area contributed by atoms with Crippen LogP contribution in [-0.2, 0) is 14.8 Å². The minimum atomic E-state index is -3.86. The van der Waals surface area contributed by atoms with Gasteiger partial charge in [-0.3, -0.25) is 0 Å². The summed E-state index contributed by atoms with van der Waals surface area (Å²) in [5.74, 6) is 0. The molecule has 148 valence electrons. The number of nitrogens with one attached hydrogen (secondary N) is 1. The fourth-order valence-corrected chi connectivity index (χ4v) is 4.07. The first-order chi connectivity index (χ1) is 12.9. The van der Waals surface area contributed by atoms with Gasteiger partial charge in [-0.05, 0) is 44.2 Å². The molecule has 27 heavy (non-hydrogen) atoms. The van der Waals surface area contributed by atoms with Crippen LogP contribution in [-0.4, -0.2) is 66.3 Å². The minimum absolute atomic E-state index is 0.136. The topological polar surface area (TPSA) is 85.7 Å². The first-order valence-corrected chi connectivity index (χ1v) is 10.6. The third-order valence-corrected chi connectivity index (χ3v) is 6.14.